The Morgan fingerprint density at radius 1 is 0.864 bits per heavy atom. The molecule has 0 aliphatic rings. The minimum atomic E-state index is -4.47. The van der Waals surface area contributed by atoms with E-state index in [1.807, 2.05) is 6.92 Å². The summed E-state index contributed by atoms with van der Waals surface area (Å²) in [4.78, 5) is 0. The molecule has 1 unspecified atom stereocenters. The van der Waals surface area contributed by atoms with Crippen LogP contribution >= 0.6 is 0 Å². The van der Waals surface area contributed by atoms with E-state index < -0.39 is 50.7 Å². The maximum absolute atomic E-state index is 11.0. The Hall–Kier alpha value is -0.540. The molecular formula is C8H18F4O8S2. The first kappa shape index (κ1) is 26.4. The fraction of sp³-hybridized carbons (Fsp3) is 1.00. The van der Waals surface area contributed by atoms with Crippen molar-refractivity contribution in [2.45, 2.75) is 32.3 Å². The predicted molar refractivity (Wildman–Crippen MR) is 68.2 cm³/mol. The molecule has 0 aromatic rings. The van der Waals surface area contributed by atoms with Crippen LogP contribution in [0.3, 0.4) is 0 Å². The molecule has 4 N–H and O–H groups in total. The van der Waals surface area contributed by atoms with E-state index in [0.29, 0.717) is 6.42 Å². The summed E-state index contributed by atoms with van der Waals surface area (Å²) in [6.07, 6.45) is -5.86. The van der Waals surface area contributed by atoms with Gasteiger partial charge in [-0.2, -0.15) is 16.8 Å². The van der Waals surface area contributed by atoms with E-state index in [-0.39, 0.29) is 6.61 Å². The van der Waals surface area contributed by atoms with Gasteiger partial charge < -0.3 is 10.2 Å². The lowest BCUT2D eigenvalue weighted by Gasteiger charge is -1.97. The number of rotatable bonds is 6. The van der Waals surface area contributed by atoms with E-state index in [2.05, 4.69) is 0 Å². The lowest BCUT2D eigenvalue weighted by Crippen LogP contribution is -2.11. The molecule has 8 nitrogen and oxygen atoms in total. The Labute approximate surface area is 125 Å². The fourth-order valence-corrected chi connectivity index (χ4v) is 1.08. The maximum Gasteiger partial charge on any atom is 0.270 e. The predicted octanol–water partition coefficient (Wildman–Crippen LogP) is 0.0282. The highest BCUT2D eigenvalue weighted by Crippen LogP contribution is 1.95. The first-order chi connectivity index (χ1) is 9.64. The van der Waals surface area contributed by atoms with Crippen LogP contribution in [-0.4, -0.2) is 73.2 Å². The second-order valence-electron chi connectivity index (χ2n) is 3.52. The molecule has 0 saturated heterocycles. The van der Waals surface area contributed by atoms with Crippen molar-refractivity contribution in [3.05, 3.63) is 0 Å². The number of aliphatic hydroxyl groups is 2. The molecule has 0 rings (SSSR count). The molecule has 0 radical (unpaired) electrons. The Balaban J connectivity index is -0.000000249. The van der Waals surface area contributed by atoms with Crippen molar-refractivity contribution in [3.63, 3.8) is 0 Å². The van der Waals surface area contributed by atoms with Crippen molar-refractivity contribution >= 4 is 20.2 Å². The zero-order valence-corrected chi connectivity index (χ0v) is 12.9. The number of hydrogen-bond acceptors (Lipinski definition) is 6. The molecule has 1 atom stereocenters. The molecule has 14 heteroatoms. The van der Waals surface area contributed by atoms with Crippen LogP contribution in [0.15, 0.2) is 0 Å². The third-order valence-electron chi connectivity index (χ3n) is 1.36. The first-order valence-electron chi connectivity index (χ1n) is 5.40. The Kier molecular flexibility index (Phi) is 15.5. The van der Waals surface area contributed by atoms with Crippen LogP contribution in [0.25, 0.3) is 0 Å². The van der Waals surface area contributed by atoms with Gasteiger partial charge in [-0.25, -0.2) is 17.6 Å². The van der Waals surface area contributed by atoms with Gasteiger partial charge in [0.25, 0.3) is 33.1 Å². The van der Waals surface area contributed by atoms with Gasteiger partial charge in [0, 0.05) is 0 Å². The average molecular weight is 382 g/mol. The van der Waals surface area contributed by atoms with Crippen LogP contribution in [0.1, 0.15) is 13.3 Å². The first-order valence-corrected chi connectivity index (χ1v) is 8.61. The van der Waals surface area contributed by atoms with Crippen molar-refractivity contribution < 1.29 is 53.7 Å². The Morgan fingerprint density at radius 2 is 1.14 bits per heavy atom. The smallest absolute Gasteiger partial charge is 0.270 e. The zero-order valence-electron chi connectivity index (χ0n) is 11.3. The maximum atomic E-state index is 11.0. The van der Waals surface area contributed by atoms with Crippen molar-refractivity contribution in [2.75, 3.05) is 18.1 Å². The second-order valence-corrected chi connectivity index (χ2v) is 6.52. The SMILES string of the molecule is CCC(O)CO.O=S(=O)(O)CC(F)F.O=S(=O)(O)CC(F)F. The highest BCUT2D eigenvalue weighted by Gasteiger charge is 2.13. The summed E-state index contributed by atoms with van der Waals surface area (Å²) in [5.74, 6) is -2.96. The minimum Gasteiger partial charge on any atom is -0.394 e. The van der Waals surface area contributed by atoms with E-state index in [9.17, 15) is 34.4 Å². The second kappa shape index (κ2) is 13.0. The number of hydrogen-bond donors (Lipinski definition) is 4. The summed E-state index contributed by atoms with van der Waals surface area (Å²) in [5, 5.41) is 16.5. The van der Waals surface area contributed by atoms with Gasteiger partial charge in [-0.15, -0.1) is 0 Å². The molecule has 22 heavy (non-hydrogen) atoms. The minimum absolute atomic E-state index is 0.115. The topological polar surface area (TPSA) is 149 Å². The quantitative estimate of drug-likeness (QED) is 0.371. The van der Waals surface area contributed by atoms with Crippen LogP contribution in [0.2, 0.25) is 0 Å². The average Bonchev–Trinajstić information content (AvgIpc) is 2.22. The lowest BCUT2D eigenvalue weighted by molar-refractivity contribution is 0.0923. The molecule has 0 fully saturated rings. The highest BCUT2D eigenvalue weighted by atomic mass is 32.2. The van der Waals surface area contributed by atoms with Crippen molar-refractivity contribution in [2.24, 2.45) is 0 Å². The van der Waals surface area contributed by atoms with Crippen LogP contribution in [0, 0.1) is 0 Å². The Morgan fingerprint density at radius 3 is 1.14 bits per heavy atom. The van der Waals surface area contributed by atoms with Crippen molar-refractivity contribution in [1.29, 1.82) is 0 Å². The molecule has 0 saturated carbocycles. The van der Waals surface area contributed by atoms with Gasteiger partial charge in [0.1, 0.15) is 11.5 Å². The highest BCUT2D eigenvalue weighted by molar-refractivity contribution is 7.86. The van der Waals surface area contributed by atoms with Crippen LogP contribution in [0.5, 0.6) is 0 Å². The van der Waals surface area contributed by atoms with E-state index >= 15 is 0 Å². The molecule has 0 spiro atoms. The molecule has 138 valence electrons. The third kappa shape index (κ3) is 36.6. The van der Waals surface area contributed by atoms with Crippen LogP contribution in [-0.2, 0) is 20.2 Å². The summed E-state index contributed by atoms with van der Waals surface area (Å²) in [6.45, 7) is 1.71. The zero-order chi connectivity index (χ0) is 18.6. The summed E-state index contributed by atoms with van der Waals surface area (Å²) in [7, 11) is -8.95. The third-order valence-corrected chi connectivity index (χ3v) is 2.70. The Bertz CT molecular complexity index is 409. The summed E-state index contributed by atoms with van der Waals surface area (Å²) >= 11 is 0. The van der Waals surface area contributed by atoms with Gasteiger partial charge in [0.15, 0.2) is 0 Å². The van der Waals surface area contributed by atoms with E-state index in [4.69, 9.17) is 19.3 Å². The number of alkyl halides is 4. The molecule has 0 aliphatic carbocycles. The molecule has 0 aromatic heterocycles. The molecule has 0 bridgehead atoms. The monoisotopic (exact) mass is 382 g/mol. The summed E-state index contributed by atoms with van der Waals surface area (Å²) in [5.41, 5.74) is 0. The lowest BCUT2D eigenvalue weighted by atomic mass is 10.3. The van der Waals surface area contributed by atoms with Crippen LogP contribution < -0.4 is 0 Å². The van der Waals surface area contributed by atoms with Gasteiger partial charge in [-0.3, -0.25) is 9.11 Å². The van der Waals surface area contributed by atoms with Crippen molar-refractivity contribution in [3.8, 4) is 0 Å². The molecule has 0 aliphatic heterocycles. The molecule has 0 aromatic carbocycles. The largest absolute Gasteiger partial charge is 0.394 e. The van der Waals surface area contributed by atoms with Crippen molar-refractivity contribution in [1.82, 2.24) is 0 Å². The number of halogens is 4. The van der Waals surface area contributed by atoms with E-state index in [1.54, 1.807) is 0 Å². The van der Waals surface area contributed by atoms with Crippen LogP contribution in [0.4, 0.5) is 17.6 Å². The standard InChI is InChI=1S/C4H10O2.2C2H4F2O3S/c1-2-4(6)3-5;2*3-2(4)1-8(5,6)7/h4-6H,2-3H2,1H3;2*2H,1H2,(H,5,6,7). The molecular weight excluding hydrogens is 364 g/mol. The van der Waals surface area contributed by atoms with Gasteiger partial charge in [0.2, 0.25) is 0 Å². The summed E-state index contributed by atoms with van der Waals surface area (Å²) < 4.78 is 97.4. The number of aliphatic hydroxyl groups excluding tert-OH is 2. The molecule has 0 amide bonds. The normalized spacial score (nSPS) is 13.0. The van der Waals surface area contributed by atoms with Gasteiger partial charge in [-0.05, 0) is 6.42 Å². The van der Waals surface area contributed by atoms with Gasteiger partial charge >= 0.3 is 0 Å². The van der Waals surface area contributed by atoms with Gasteiger partial charge in [0.05, 0.1) is 12.7 Å². The van der Waals surface area contributed by atoms with Gasteiger partial charge in [-0.1, -0.05) is 6.92 Å². The summed E-state index contributed by atoms with van der Waals surface area (Å²) in [6, 6.07) is 0. The van der Waals surface area contributed by atoms with E-state index in [1.165, 1.54) is 0 Å². The molecule has 0 heterocycles. The van der Waals surface area contributed by atoms with E-state index in [0.717, 1.165) is 0 Å². The fourth-order valence-electron chi connectivity index (χ4n) is 0.448.